The average Bonchev–Trinajstić information content (AvgIpc) is 2.78. The minimum absolute atomic E-state index is 0.160. The van der Waals surface area contributed by atoms with Crippen LogP contribution in [0.15, 0.2) is 83.8 Å². The van der Waals surface area contributed by atoms with Gasteiger partial charge in [-0.25, -0.2) is 8.42 Å². The van der Waals surface area contributed by atoms with E-state index < -0.39 is 15.9 Å². The van der Waals surface area contributed by atoms with Gasteiger partial charge >= 0.3 is 0 Å². The lowest BCUT2D eigenvalue weighted by atomic mass is 10.1. The predicted molar refractivity (Wildman–Crippen MR) is 123 cm³/mol. The Morgan fingerprint density at radius 2 is 1.39 bits per heavy atom. The van der Waals surface area contributed by atoms with E-state index in [1.807, 2.05) is 61.5 Å². The molecule has 0 aliphatic heterocycles. The number of nitrogens with zero attached hydrogens (tertiary/aromatic N) is 1. The van der Waals surface area contributed by atoms with E-state index >= 15 is 0 Å². The second-order valence-electron chi connectivity index (χ2n) is 7.62. The van der Waals surface area contributed by atoms with Gasteiger partial charge in [-0.1, -0.05) is 54.6 Å². The second kappa shape index (κ2) is 9.35. The van der Waals surface area contributed by atoms with Crippen molar-refractivity contribution >= 4 is 15.7 Å². The Kier molecular flexibility index (Phi) is 6.81. The minimum Gasteiger partial charge on any atom is -0.481 e. The Balaban J connectivity index is 1.65. The Bertz CT molecular complexity index is 1120. The number of amides is 1. The Morgan fingerprint density at radius 3 is 1.94 bits per heavy atom. The van der Waals surface area contributed by atoms with Gasteiger partial charge in [-0.15, -0.1) is 0 Å². The number of carbonyl (C=O) groups excluding carboxylic acids is 1. The SMILES string of the molecule is CC(Oc1ccc(-c2ccccc2)cc1)C(=O)N(C)C(C)c1ccc(S(C)(=O)=O)cc1. The normalized spacial score (nSPS) is 13.3. The Labute approximate surface area is 184 Å². The van der Waals surface area contributed by atoms with Crippen LogP contribution in [-0.2, 0) is 14.6 Å². The van der Waals surface area contributed by atoms with Crippen LogP contribution in [0.3, 0.4) is 0 Å². The molecule has 3 rings (SSSR count). The van der Waals surface area contributed by atoms with Gasteiger partial charge in [-0.3, -0.25) is 4.79 Å². The molecule has 2 atom stereocenters. The van der Waals surface area contributed by atoms with Crippen LogP contribution in [-0.4, -0.2) is 38.6 Å². The summed E-state index contributed by atoms with van der Waals surface area (Å²) in [4.78, 5) is 14.7. The molecule has 1 amide bonds. The third-order valence-corrected chi connectivity index (χ3v) is 6.47. The quantitative estimate of drug-likeness (QED) is 0.535. The number of hydrogen-bond acceptors (Lipinski definition) is 4. The van der Waals surface area contributed by atoms with Crippen molar-refractivity contribution in [3.05, 3.63) is 84.4 Å². The molecule has 0 bridgehead atoms. The average molecular weight is 438 g/mol. The zero-order valence-corrected chi connectivity index (χ0v) is 19.0. The molecule has 0 aromatic heterocycles. The van der Waals surface area contributed by atoms with Gasteiger partial charge in [-0.05, 0) is 54.8 Å². The summed E-state index contributed by atoms with van der Waals surface area (Å²) in [5, 5.41) is 0. The van der Waals surface area contributed by atoms with Crippen molar-refractivity contribution in [2.24, 2.45) is 0 Å². The predicted octanol–water partition coefficient (Wildman–Crippen LogP) is 4.74. The third kappa shape index (κ3) is 5.52. The van der Waals surface area contributed by atoms with Crippen LogP contribution in [0, 0.1) is 0 Å². The highest BCUT2D eigenvalue weighted by molar-refractivity contribution is 7.90. The van der Waals surface area contributed by atoms with Gasteiger partial charge in [-0.2, -0.15) is 0 Å². The Hall–Kier alpha value is -3.12. The van der Waals surface area contributed by atoms with Crippen LogP contribution < -0.4 is 4.74 Å². The van der Waals surface area contributed by atoms with Crippen molar-refractivity contribution in [1.82, 2.24) is 4.90 Å². The van der Waals surface area contributed by atoms with Gasteiger partial charge in [0.2, 0.25) is 0 Å². The smallest absolute Gasteiger partial charge is 0.263 e. The number of rotatable bonds is 7. The highest BCUT2D eigenvalue weighted by Crippen LogP contribution is 2.25. The van der Waals surface area contributed by atoms with Gasteiger partial charge in [0.15, 0.2) is 15.9 Å². The van der Waals surface area contributed by atoms with Crippen LogP contribution in [0.5, 0.6) is 5.75 Å². The lowest BCUT2D eigenvalue weighted by Crippen LogP contribution is -2.39. The molecular weight excluding hydrogens is 410 g/mol. The zero-order valence-electron chi connectivity index (χ0n) is 18.1. The zero-order chi connectivity index (χ0) is 22.6. The molecule has 0 radical (unpaired) electrons. The van der Waals surface area contributed by atoms with Crippen molar-refractivity contribution < 1.29 is 17.9 Å². The molecule has 3 aromatic rings. The maximum atomic E-state index is 12.9. The summed E-state index contributed by atoms with van der Waals surface area (Å²) < 4.78 is 29.1. The molecule has 0 aliphatic carbocycles. The van der Waals surface area contributed by atoms with E-state index in [9.17, 15) is 13.2 Å². The molecule has 0 spiro atoms. The molecule has 31 heavy (non-hydrogen) atoms. The number of carbonyl (C=O) groups is 1. The maximum Gasteiger partial charge on any atom is 0.263 e. The van der Waals surface area contributed by atoms with Crippen LogP contribution in [0.2, 0.25) is 0 Å². The molecule has 162 valence electrons. The maximum absolute atomic E-state index is 12.9. The number of benzene rings is 3. The molecule has 5 nitrogen and oxygen atoms in total. The molecule has 0 saturated carbocycles. The van der Waals surface area contributed by atoms with E-state index in [0.29, 0.717) is 5.75 Å². The van der Waals surface area contributed by atoms with Crippen LogP contribution in [0.4, 0.5) is 0 Å². The summed E-state index contributed by atoms with van der Waals surface area (Å²) in [6.07, 6.45) is 0.511. The van der Waals surface area contributed by atoms with Gasteiger partial charge in [0.25, 0.3) is 5.91 Å². The Morgan fingerprint density at radius 1 is 0.839 bits per heavy atom. The fourth-order valence-electron chi connectivity index (χ4n) is 3.31. The highest BCUT2D eigenvalue weighted by atomic mass is 32.2. The van der Waals surface area contributed by atoms with Gasteiger partial charge in [0.1, 0.15) is 5.75 Å². The topological polar surface area (TPSA) is 63.7 Å². The first kappa shape index (κ1) is 22.6. The molecule has 0 fully saturated rings. The first-order valence-corrected chi connectivity index (χ1v) is 11.9. The molecule has 0 saturated heterocycles. The van der Waals surface area contributed by atoms with Crippen LogP contribution >= 0.6 is 0 Å². The number of hydrogen-bond donors (Lipinski definition) is 0. The lowest BCUT2D eigenvalue weighted by molar-refractivity contribution is -0.138. The van der Waals surface area contributed by atoms with E-state index in [1.165, 1.54) is 6.26 Å². The van der Waals surface area contributed by atoms with E-state index in [0.717, 1.165) is 16.7 Å². The molecule has 6 heteroatoms. The molecule has 2 unspecified atom stereocenters. The summed E-state index contributed by atoms with van der Waals surface area (Å²) in [5.74, 6) is 0.464. The second-order valence-corrected chi connectivity index (χ2v) is 9.63. The summed E-state index contributed by atoms with van der Waals surface area (Å²) in [6.45, 7) is 3.62. The lowest BCUT2D eigenvalue weighted by Gasteiger charge is -2.28. The fraction of sp³-hybridized carbons (Fsp3) is 0.240. The third-order valence-electron chi connectivity index (χ3n) is 5.34. The van der Waals surface area contributed by atoms with Crippen molar-refractivity contribution in [2.45, 2.75) is 30.9 Å². The van der Waals surface area contributed by atoms with Crippen molar-refractivity contribution in [2.75, 3.05) is 13.3 Å². The van der Waals surface area contributed by atoms with Gasteiger partial charge in [0.05, 0.1) is 10.9 Å². The largest absolute Gasteiger partial charge is 0.481 e. The first-order valence-electron chi connectivity index (χ1n) is 10.1. The monoisotopic (exact) mass is 437 g/mol. The van der Waals surface area contributed by atoms with E-state index in [-0.39, 0.29) is 16.8 Å². The van der Waals surface area contributed by atoms with Crippen molar-refractivity contribution in [1.29, 1.82) is 0 Å². The van der Waals surface area contributed by atoms with Crippen molar-refractivity contribution in [3.8, 4) is 16.9 Å². The number of sulfone groups is 1. The fourth-order valence-corrected chi connectivity index (χ4v) is 3.94. The summed E-state index contributed by atoms with van der Waals surface area (Å²) >= 11 is 0. The van der Waals surface area contributed by atoms with E-state index in [4.69, 9.17) is 4.74 Å². The van der Waals surface area contributed by atoms with Crippen molar-refractivity contribution in [3.63, 3.8) is 0 Å². The molecular formula is C25H27NO4S. The highest BCUT2D eigenvalue weighted by Gasteiger charge is 2.24. The number of ether oxygens (including phenoxy) is 1. The molecule has 0 N–H and O–H groups in total. The summed E-state index contributed by atoms with van der Waals surface area (Å²) in [5.41, 5.74) is 3.05. The van der Waals surface area contributed by atoms with E-state index in [1.54, 1.807) is 43.1 Å². The van der Waals surface area contributed by atoms with E-state index in [2.05, 4.69) is 0 Å². The summed E-state index contributed by atoms with van der Waals surface area (Å²) in [7, 11) is -1.53. The van der Waals surface area contributed by atoms with Gasteiger partial charge in [0, 0.05) is 13.3 Å². The first-order chi connectivity index (χ1) is 14.7. The van der Waals surface area contributed by atoms with Gasteiger partial charge < -0.3 is 9.64 Å². The summed E-state index contributed by atoms with van der Waals surface area (Å²) in [6, 6.07) is 24.1. The molecule has 3 aromatic carbocycles. The standard InChI is InChI=1S/C25H27NO4S/c1-18(20-12-16-24(17-13-20)31(4,28)29)26(3)25(27)19(2)30-23-14-10-22(11-15-23)21-8-6-5-7-9-21/h5-19H,1-4H3. The molecule has 0 heterocycles. The van der Waals surface area contributed by atoms with Crippen LogP contribution in [0.25, 0.3) is 11.1 Å². The van der Waals surface area contributed by atoms with Crippen LogP contribution in [0.1, 0.15) is 25.5 Å². The number of likely N-dealkylation sites (N-methyl/N-ethyl adjacent to an activating group) is 1. The minimum atomic E-state index is -3.25. The molecule has 0 aliphatic rings.